The van der Waals surface area contributed by atoms with Gasteiger partial charge in [-0.05, 0) is 17.9 Å². The molecule has 1 aromatic carbocycles. The Morgan fingerprint density at radius 3 is 2.06 bits per heavy atom. The van der Waals surface area contributed by atoms with Crippen LogP contribution in [-0.4, -0.2) is 18.2 Å². The van der Waals surface area contributed by atoms with E-state index in [0.29, 0.717) is 12.1 Å². The third-order valence-electron chi connectivity index (χ3n) is 2.56. The molecule has 1 N–H and O–H groups in total. The van der Waals surface area contributed by atoms with Gasteiger partial charge in [-0.2, -0.15) is 0 Å². The summed E-state index contributed by atoms with van der Waals surface area (Å²) in [6.07, 6.45) is 0. The highest BCUT2D eigenvalue weighted by Gasteiger charge is 2.17. The summed E-state index contributed by atoms with van der Waals surface area (Å²) in [6, 6.07) is 7.20. The molecule has 0 atom stereocenters. The van der Waals surface area contributed by atoms with Crippen LogP contribution < -0.4 is 5.32 Å². The van der Waals surface area contributed by atoms with Gasteiger partial charge in [-0.25, -0.2) is 0 Å². The van der Waals surface area contributed by atoms with Gasteiger partial charge in [0, 0.05) is 12.1 Å². The molecule has 0 saturated carbocycles. The number of likely N-dealkylation sites (N-methyl/N-ethyl adjacent to an activating group) is 1. The molecular weight excluding hydrogens is 214 g/mol. The van der Waals surface area contributed by atoms with Gasteiger partial charge in [0.05, 0.1) is 0 Å². The van der Waals surface area contributed by atoms with Crippen molar-refractivity contribution >= 4 is 11.7 Å². The van der Waals surface area contributed by atoms with E-state index >= 15 is 0 Å². The first kappa shape index (κ1) is 13.4. The summed E-state index contributed by atoms with van der Waals surface area (Å²) >= 11 is 0. The number of hydrogen-bond acceptors (Lipinski definition) is 2. The maximum atomic E-state index is 11.7. The average molecular weight is 233 g/mol. The number of Topliss-reactive ketones (excluding diaryl/α,β-unsaturated/α-hetero) is 1. The Hall–Kier alpha value is -1.64. The molecule has 0 aromatic heterocycles. The molecule has 1 amide bonds. The van der Waals surface area contributed by atoms with Gasteiger partial charge in [0.15, 0.2) is 0 Å². The van der Waals surface area contributed by atoms with E-state index in [-0.39, 0.29) is 5.41 Å². The third-order valence-corrected chi connectivity index (χ3v) is 2.56. The third kappa shape index (κ3) is 3.41. The van der Waals surface area contributed by atoms with E-state index in [4.69, 9.17) is 0 Å². The SMILES string of the molecule is CCNC(=O)C(=O)c1ccc(C(C)(C)C)cc1. The first-order chi connectivity index (χ1) is 7.86. The number of nitrogens with one attached hydrogen (secondary N) is 1. The van der Waals surface area contributed by atoms with E-state index in [1.807, 2.05) is 12.1 Å². The van der Waals surface area contributed by atoms with Crippen molar-refractivity contribution in [2.24, 2.45) is 0 Å². The van der Waals surface area contributed by atoms with Crippen LogP contribution in [0.25, 0.3) is 0 Å². The summed E-state index contributed by atoms with van der Waals surface area (Å²) in [5.41, 5.74) is 1.63. The molecule has 0 aliphatic rings. The molecule has 0 spiro atoms. The lowest BCUT2D eigenvalue weighted by atomic mass is 9.86. The van der Waals surface area contributed by atoms with Crippen LogP contribution >= 0.6 is 0 Å². The Morgan fingerprint density at radius 1 is 1.12 bits per heavy atom. The van der Waals surface area contributed by atoms with Gasteiger partial charge in [-0.15, -0.1) is 0 Å². The lowest BCUT2D eigenvalue weighted by Gasteiger charge is -2.18. The molecule has 17 heavy (non-hydrogen) atoms. The maximum absolute atomic E-state index is 11.7. The fourth-order valence-corrected chi connectivity index (χ4v) is 1.49. The lowest BCUT2D eigenvalue weighted by molar-refractivity contribution is -0.116. The summed E-state index contributed by atoms with van der Waals surface area (Å²) < 4.78 is 0. The maximum Gasteiger partial charge on any atom is 0.292 e. The van der Waals surface area contributed by atoms with Gasteiger partial charge in [0.1, 0.15) is 0 Å². The number of carbonyl (C=O) groups excluding carboxylic acids is 2. The molecule has 0 saturated heterocycles. The second-order valence-corrected chi connectivity index (χ2v) is 5.02. The highest BCUT2D eigenvalue weighted by Crippen LogP contribution is 2.22. The Morgan fingerprint density at radius 2 is 1.65 bits per heavy atom. The smallest absolute Gasteiger partial charge is 0.292 e. The van der Waals surface area contributed by atoms with Crippen molar-refractivity contribution < 1.29 is 9.59 Å². The minimum atomic E-state index is -0.545. The van der Waals surface area contributed by atoms with Crippen molar-refractivity contribution in [1.29, 1.82) is 0 Å². The minimum Gasteiger partial charge on any atom is -0.349 e. The average Bonchev–Trinajstić information content (AvgIpc) is 2.27. The van der Waals surface area contributed by atoms with E-state index in [0.717, 1.165) is 5.56 Å². The first-order valence-electron chi connectivity index (χ1n) is 5.79. The van der Waals surface area contributed by atoms with Crippen LogP contribution in [0.1, 0.15) is 43.6 Å². The second kappa shape index (κ2) is 5.13. The fraction of sp³-hybridized carbons (Fsp3) is 0.429. The van der Waals surface area contributed by atoms with Gasteiger partial charge in [0.2, 0.25) is 5.78 Å². The van der Waals surface area contributed by atoms with Crippen LogP contribution in [0.3, 0.4) is 0 Å². The molecule has 3 nitrogen and oxygen atoms in total. The predicted octanol–water partition coefficient (Wildman–Crippen LogP) is 2.30. The Bertz CT molecular complexity index is 413. The second-order valence-electron chi connectivity index (χ2n) is 5.02. The summed E-state index contributed by atoms with van der Waals surface area (Å²) in [4.78, 5) is 23.0. The zero-order chi connectivity index (χ0) is 13.1. The summed E-state index contributed by atoms with van der Waals surface area (Å²) in [7, 11) is 0. The molecule has 0 aliphatic carbocycles. The molecule has 0 fully saturated rings. The highest BCUT2D eigenvalue weighted by atomic mass is 16.2. The van der Waals surface area contributed by atoms with Crippen LogP contribution in [0.2, 0.25) is 0 Å². The van der Waals surface area contributed by atoms with Gasteiger partial charge in [0.25, 0.3) is 5.91 Å². The predicted molar refractivity (Wildman–Crippen MR) is 68.2 cm³/mol. The van der Waals surface area contributed by atoms with Gasteiger partial charge in [-0.3, -0.25) is 9.59 Å². The highest BCUT2D eigenvalue weighted by molar-refractivity contribution is 6.42. The molecule has 0 bridgehead atoms. The molecule has 0 aliphatic heterocycles. The quantitative estimate of drug-likeness (QED) is 0.643. The van der Waals surface area contributed by atoms with Crippen molar-refractivity contribution in [1.82, 2.24) is 5.32 Å². The Labute approximate surface area is 102 Å². The molecule has 1 aromatic rings. The first-order valence-corrected chi connectivity index (χ1v) is 5.79. The van der Waals surface area contributed by atoms with Crippen LogP contribution in [-0.2, 0) is 10.2 Å². The number of benzene rings is 1. The van der Waals surface area contributed by atoms with Crippen molar-refractivity contribution in [3.8, 4) is 0 Å². The molecule has 92 valence electrons. The summed E-state index contributed by atoms with van der Waals surface area (Å²) in [5.74, 6) is -1.02. The van der Waals surface area contributed by atoms with Gasteiger partial charge >= 0.3 is 0 Å². The minimum absolute atomic E-state index is 0.0489. The molecule has 0 unspecified atom stereocenters. The molecule has 0 radical (unpaired) electrons. The standard InChI is InChI=1S/C14H19NO2/c1-5-15-13(17)12(16)10-6-8-11(9-7-10)14(2,3)4/h6-9H,5H2,1-4H3,(H,15,17). The van der Waals surface area contributed by atoms with Crippen molar-refractivity contribution in [3.05, 3.63) is 35.4 Å². The van der Waals surface area contributed by atoms with Crippen molar-refractivity contribution in [3.63, 3.8) is 0 Å². The number of rotatable bonds is 3. The van der Waals surface area contributed by atoms with E-state index in [1.54, 1.807) is 19.1 Å². The molecule has 1 rings (SSSR count). The summed E-state index contributed by atoms with van der Waals surface area (Å²) in [5, 5.41) is 2.50. The van der Waals surface area contributed by atoms with Crippen LogP contribution in [0.15, 0.2) is 24.3 Å². The van der Waals surface area contributed by atoms with Crippen LogP contribution in [0.5, 0.6) is 0 Å². The van der Waals surface area contributed by atoms with Crippen LogP contribution in [0, 0.1) is 0 Å². The van der Waals surface area contributed by atoms with E-state index in [9.17, 15) is 9.59 Å². The normalized spacial score (nSPS) is 11.1. The molecule has 3 heteroatoms. The van der Waals surface area contributed by atoms with Gasteiger partial charge in [-0.1, -0.05) is 45.0 Å². The van der Waals surface area contributed by atoms with E-state index in [2.05, 4.69) is 26.1 Å². The number of amides is 1. The topological polar surface area (TPSA) is 46.2 Å². The zero-order valence-electron chi connectivity index (χ0n) is 10.8. The number of hydrogen-bond donors (Lipinski definition) is 1. The van der Waals surface area contributed by atoms with Gasteiger partial charge < -0.3 is 5.32 Å². The number of ketones is 1. The Balaban J connectivity index is 2.88. The van der Waals surface area contributed by atoms with Crippen molar-refractivity contribution in [2.45, 2.75) is 33.1 Å². The fourth-order valence-electron chi connectivity index (χ4n) is 1.49. The van der Waals surface area contributed by atoms with E-state index in [1.165, 1.54) is 0 Å². The largest absolute Gasteiger partial charge is 0.349 e. The van der Waals surface area contributed by atoms with E-state index < -0.39 is 11.7 Å². The van der Waals surface area contributed by atoms with Crippen molar-refractivity contribution in [2.75, 3.05) is 6.54 Å². The van der Waals surface area contributed by atoms with Crippen LogP contribution in [0.4, 0.5) is 0 Å². The zero-order valence-corrected chi connectivity index (χ0v) is 10.8. The monoisotopic (exact) mass is 233 g/mol. The summed E-state index contributed by atoms with van der Waals surface area (Å²) in [6.45, 7) is 8.56. The number of carbonyl (C=O) groups is 2. The molecular formula is C14H19NO2. The Kier molecular flexibility index (Phi) is 4.05. The molecule has 0 heterocycles. The lowest BCUT2D eigenvalue weighted by Crippen LogP contribution is -2.30.